The number of aromatic nitrogens is 1. The zero-order valence-corrected chi connectivity index (χ0v) is 15.2. The molecule has 3 aromatic rings. The average Bonchev–Trinajstić information content (AvgIpc) is 2.72. The van der Waals surface area contributed by atoms with Crippen LogP contribution in [0.25, 0.3) is 10.9 Å². The lowest BCUT2D eigenvalue weighted by Gasteiger charge is -2.29. The van der Waals surface area contributed by atoms with Crippen LogP contribution in [0.2, 0.25) is 0 Å². The molecule has 1 amide bonds. The molecule has 0 unspecified atom stereocenters. The predicted octanol–water partition coefficient (Wildman–Crippen LogP) is 2.74. The summed E-state index contributed by atoms with van der Waals surface area (Å²) in [6.45, 7) is 0.857. The first kappa shape index (κ1) is 17.1. The van der Waals surface area contributed by atoms with E-state index in [1.807, 2.05) is 24.3 Å². The van der Waals surface area contributed by atoms with Crippen LogP contribution in [0.5, 0.6) is 11.5 Å². The maximum atomic E-state index is 12.7. The molecular weight excluding hydrogens is 344 g/mol. The maximum Gasteiger partial charge on any atom is 0.254 e. The van der Waals surface area contributed by atoms with E-state index in [9.17, 15) is 9.59 Å². The third-order valence-electron chi connectivity index (χ3n) is 5.02. The van der Waals surface area contributed by atoms with Gasteiger partial charge in [-0.15, -0.1) is 0 Å². The largest absolute Gasteiger partial charge is 0.493 e. The van der Waals surface area contributed by atoms with Crippen LogP contribution in [0.15, 0.2) is 47.3 Å². The molecule has 0 bridgehead atoms. The highest BCUT2D eigenvalue weighted by Crippen LogP contribution is 2.34. The molecule has 0 fully saturated rings. The van der Waals surface area contributed by atoms with E-state index >= 15 is 0 Å². The lowest BCUT2D eigenvalue weighted by molar-refractivity contribution is 0.0734. The van der Waals surface area contributed by atoms with Crippen LogP contribution in [-0.2, 0) is 13.0 Å². The average molecular weight is 364 g/mol. The Morgan fingerprint density at radius 3 is 2.44 bits per heavy atom. The van der Waals surface area contributed by atoms with Crippen LogP contribution >= 0.6 is 0 Å². The van der Waals surface area contributed by atoms with Gasteiger partial charge in [0.15, 0.2) is 11.5 Å². The Labute approximate surface area is 156 Å². The summed E-state index contributed by atoms with van der Waals surface area (Å²) in [5, 5.41) is 0.925. The van der Waals surface area contributed by atoms with Gasteiger partial charge >= 0.3 is 0 Å². The van der Waals surface area contributed by atoms with Gasteiger partial charge in [0.25, 0.3) is 11.5 Å². The monoisotopic (exact) mass is 364 g/mol. The van der Waals surface area contributed by atoms with E-state index in [4.69, 9.17) is 9.47 Å². The topological polar surface area (TPSA) is 71.6 Å². The number of methoxy groups -OCH3 is 2. The van der Waals surface area contributed by atoms with Gasteiger partial charge in [-0.2, -0.15) is 0 Å². The molecule has 0 radical (unpaired) electrons. The molecule has 1 aromatic heterocycles. The Morgan fingerprint density at radius 2 is 1.74 bits per heavy atom. The second-order valence-electron chi connectivity index (χ2n) is 6.51. The summed E-state index contributed by atoms with van der Waals surface area (Å²) in [6, 6.07) is 12.8. The maximum absolute atomic E-state index is 12.7. The number of H-pyrrole nitrogens is 1. The third kappa shape index (κ3) is 2.93. The molecule has 0 saturated heterocycles. The second-order valence-corrected chi connectivity index (χ2v) is 6.51. The fourth-order valence-electron chi connectivity index (χ4n) is 3.64. The summed E-state index contributed by atoms with van der Waals surface area (Å²) in [6.07, 6.45) is 0.615. The normalized spacial score (nSPS) is 13.3. The van der Waals surface area contributed by atoms with E-state index < -0.39 is 0 Å². The molecule has 2 heterocycles. The number of fused-ring (bicyclic) bond motifs is 3. The highest BCUT2D eigenvalue weighted by Gasteiger charge is 2.26. The first-order valence-corrected chi connectivity index (χ1v) is 8.76. The van der Waals surface area contributed by atoms with Crippen molar-refractivity contribution in [3.63, 3.8) is 0 Å². The van der Waals surface area contributed by atoms with Crippen LogP contribution in [0.1, 0.15) is 21.5 Å². The van der Waals surface area contributed by atoms with Crippen molar-refractivity contribution in [2.24, 2.45) is 0 Å². The standard InChI is InChI=1S/C21H20N2O4/c1-26-18-10-15-14-8-9-23(21(25)13-6-4-3-5-7-13)12-16(14)20(24)22-17(15)11-19(18)27-2/h3-7,10-11H,8-9,12H2,1-2H3,(H,22,24). The van der Waals surface area contributed by atoms with Gasteiger partial charge in [-0.25, -0.2) is 0 Å². The predicted molar refractivity (Wildman–Crippen MR) is 103 cm³/mol. The Morgan fingerprint density at radius 1 is 1.04 bits per heavy atom. The van der Waals surface area contributed by atoms with Gasteiger partial charge < -0.3 is 19.4 Å². The zero-order valence-electron chi connectivity index (χ0n) is 15.2. The molecule has 4 rings (SSSR count). The summed E-state index contributed by atoms with van der Waals surface area (Å²) in [4.78, 5) is 30.1. The first-order valence-electron chi connectivity index (χ1n) is 8.76. The van der Waals surface area contributed by atoms with E-state index in [1.54, 1.807) is 37.3 Å². The van der Waals surface area contributed by atoms with Crippen molar-refractivity contribution in [3.8, 4) is 11.5 Å². The molecule has 1 aliphatic rings. The molecule has 27 heavy (non-hydrogen) atoms. The van der Waals surface area contributed by atoms with Gasteiger partial charge in [0, 0.05) is 29.1 Å². The van der Waals surface area contributed by atoms with E-state index in [2.05, 4.69) is 4.98 Å². The number of carbonyl (C=O) groups excluding carboxylic acids is 1. The number of amides is 1. The third-order valence-corrected chi connectivity index (χ3v) is 5.02. The number of nitrogens with zero attached hydrogens (tertiary/aromatic N) is 1. The molecule has 1 N–H and O–H groups in total. The van der Waals surface area contributed by atoms with Gasteiger partial charge in [-0.1, -0.05) is 18.2 Å². The molecule has 2 aromatic carbocycles. The van der Waals surface area contributed by atoms with Crippen molar-refractivity contribution in [2.75, 3.05) is 20.8 Å². The van der Waals surface area contributed by atoms with Crippen molar-refractivity contribution in [1.29, 1.82) is 0 Å². The number of carbonyl (C=O) groups is 1. The quantitative estimate of drug-likeness (QED) is 0.776. The summed E-state index contributed by atoms with van der Waals surface area (Å²) < 4.78 is 10.7. The number of rotatable bonds is 3. The Kier molecular flexibility index (Phi) is 4.32. The summed E-state index contributed by atoms with van der Waals surface area (Å²) in [7, 11) is 3.15. The highest BCUT2D eigenvalue weighted by atomic mass is 16.5. The van der Waals surface area contributed by atoms with Crippen molar-refractivity contribution >= 4 is 16.8 Å². The van der Waals surface area contributed by atoms with Gasteiger partial charge in [0.05, 0.1) is 26.3 Å². The number of hydrogen-bond donors (Lipinski definition) is 1. The SMILES string of the molecule is COc1cc2[nH]c(=O)c3c(c2cc1OC)CCN(C(=O)c1ccccc1)C3. The van der Waals surface area contributed by atoms with Crippen LogP contribution in [0.4, 0.5) is 0 Å². The molecule has 6 heteroatoms. The number of benzene rings is 2. The molecule has 6 nitrogen and oxygen atoms in total. The Balaban J connectivity index is 1.77. The van der Waals surface area contributed by atoms with E-state index in [0.717, 1.165) is 10.9 Å². The molecule has 138 valence electrons. The molecular formula is C21H20N2O4. The van der Waals surface area contributed by atoms with Gasteiger partial charge in [0.1, 0.15) is 0 Å². The number of hydrogen-bond acceptors (Lipinski definition) is 4. The number of pyridine rings is 1. The van der Waals surface area contributed by atoms with Crippen molar-refractivity contribution in [1.82, 2.24) is 9.88 Å². The van der Waals surface area contributed by atoms with Gasteiger partial charge in [-0.3, -0.25) is 9.59 Å². The minimum atomic E-state index is -0.171. The summed E-state index contributed by atoms with van der Waals surface area (Å²) >= 11 is 0. The molecule has 0 atom stereocenters. The zero-order chi connectivity index (χ0) is 19.0. The molecule has 1 aliphatic heterocycles. The van der Waals surface area contributed by atoms with Crippen molar-refractivity contribution < 1.29 is 14.3 Å². The van der Waals surface area contributed by atoms with Crippen LogP contribution in [0, 0.1) is 0 Å². The van der Waals surface area contributed by atoms with Crippen molar-refractivity contribution in [3.05, 3.63) is 69.5 Å². The van der Waals surface area contributed by atoms with E-state index in [-0.39, 0.29) is 11.5 Å². The summed E-state index contributed by atoms with van der Waals surface area (Å²) in [5.74, 6) is 1.12. The van der Waals surface area contributed by atoms with Gasteiger partial charge in [-0.05, 0) is 30.2 Å². The number of ether oxygens (including phenoxy) is 2. The van der Waals surface area contributed by atoms with Crippen LogP contribution in [0.3, 0.4) is 0 Å². The van der Waals surface area contributed by atoms with E-state index in [0.29, 0.717) is 47.7 Å². The lowest BCUT2D eigenvalue weighted by Crippen LogP contribution is -2.39. The van der Waals surface area contributed by atoms with Crippen molar-refractivity contribution in [2.45, 2.75) is 13.0 Å². The first-order chi connectivity index (χ1) is 13.1. The minimum Gasteiger partial charge on any atom is -0.493 e. The highest BCUT2D eigenvalue weighted by molar-refractivity contribution is 5.94. The van der Waals surface area contributed by atoms with E-state index in [1.165, 1.54) is 0 Å². The fourth-order valence-corrected chi connectivity index (χ4v) is 3.64. The minimum absolute atomic E-state index is 0.0620. The smallest absolute Gasteiger partial charge is 0.254 e. The molecule has 0 spiro atoms. The number of nitrogens with one attached hydrogen (secondary N) is 1. The Bertz CT molecular complexity index is 1070. The van der Waals surface area contributed by atoms with Gasteiger partial charge in [0.2, 0.25) is 0 Å². The lowest BCUT2D eigenvalue weighted by atomic mass is 9.95. The fraction of sp³-hybridized carbons (Fsp3) is 0.238. The number of aromatic amines is 1. The second kappa shape index (κ2) is 6.79. The summed E-state index contributed by atoms with van der Waals surface area (Å²) in [5.41, 5.74) is 2.76. The van der Waals surface area contributed by atoms with Crippen LogP contribution in [-0.4, -0.2) is 36.6 Å². The van der Waals surface area contributed by atoms with Crippen LogP contribution < -0.4 is 15.0 Å². The molecule has 0 aliphatic carbocycles. The Hall–Kier alpha value is -3.28. The molecule has 0 saturated carbocycles.